The van der Waals surface area contributed by atoms with E-state index in [0.29, 0.717) is 0 Å². The summed E-state index contributed by atoms with van der Waals surface area (Å²) in [5, 5.41) is 0. The molecular formula is C11H13BrMgSi. The van der Waals surface area contributed by atoms with Crippen molar-refractivity contribution in [2.24, 2.45) is 0 Å². The van der Waals surface area contributed by atoms with E-state index in [9.17, 15) is 0 Å². The Morgan fingerprint density at radius 3 is 2.07 bits per heavy atom. The second-order valence-corrected chi connectivity index (χ2v) is 8.54. The first-order valence-corrected chi connectivity index (χ1v) is 7.57. The van der Waals surface area contributed by atoms with E-state index >= 15 is 0 Å². The summed E-state index contributed by atoms with van der Waals surface area (Å²) >= 11 is 0. The fourth-order valence-corrected chi connectivity index (χ4v) is 1.25. The zero-order valence-corrected chi connectivity index (χ0v) is 12.9. The van der Waals surface area contributed by atoms with Crippen molar-refractivity contribution in [2.45, 2.75) is 19.6 Å². The van der Waals surface area contributed by atoms with Crippen LogP contribution < -0.4 is 17.0 Å². The van der Waals surface area contributed by atoms with Crippen molar-refractivity contribution in [2.75, 3.05) is 0 Å². The fourth-order valence-electron chi connectivity index (χ4n) is 0.730. The molecule has 0 bridgehead atoms. The molecule has 0 saturated carbocycles. The Kier molecular flexibility index (Phi) is 8.96. The Morgan fingerprint density at radius 1 is 1.14 bits per heavy atom. The Bertz CT molecular complexity index is 306. The van der Waals surface area contributed by atoms with Crippen LogP contribution in [0.25, 0.3) is 0 Å². The molecule has 0 saturated heterocycles. The molecule has 0 aromatic heterocycles. The molecule has 3 heteroatoms. The van der Waals surface area contributed by atoms with E-state index in [4.69, 9.17) is 0 Å². The van der Waals surface area contributed by atoms with Gasteiger partial charge < -0.3 is 17.0 Å². The van der Waals surface area contributed by atoms with Gasteiger partial charge in [-0.05, 0) is 0 Å². The van der Waals surface area contributed by atoms with E-state index in [1.54, 1.807) is 0 Å². The number of halogens is 1. The summed E-state index contributed by atoms with van der Waals surface area (Å²) in [6, 6.07) is 10.8. The van der Waals surface area contributed by atoms with E-state index in [0.717, 1.165) is 5.56 Å². The third-order valence-electron chi connectivity index (χ3n) is 1.30. The van der Waals surface area contributed by atoms with Crippen molar-refractivity contribution in [1.82, 2.24) is 0 Å². The normalized spacial score (nSPS) is 8.79. The van der Waals surface area contributed by atoms with Crippen molar-refractivity contribution in [3.8, 4) is 11.5 Å². The molecule has 1 rings (SSSR count). The second kappa shape index (κ2) is 7.52. The van der Waals surface area contributed by atoms with E-state index in [2.05, 4.69) is 37.2 Å². The smallest absolute Gasteiger partial charge is 1.00 e. The molecule has 0 radical (unpaired) electrons. The van der Waals surface area contributed by atoms with Gasteiger partial charge in [-0.1, -0.05) is 25.2 Å². The first-order valence-electron chi connectivity index (χ1n) is 4.07. The van der Waals surface area contributed by atoms with Crippen molar-refractivity contribution < 1.29 is 17.0 Å². The number of benzene rings is 1. The molecule has 0 N–H and O–H groups in total. The van der Waals surface area contributed by atoms with Gasteiger partial charge in [-0.15, -0.1) is 11.5 Å². The van der Waals surface area contributed by atoms with Gasteiger partial charge in [0.1, 0.15) is 8.07 Å². The molecule has 0 nitrogen and oxygen atoms in total. The van der Waals surface area contributed by atoms with Crippen LogP contribution in [0.5, 0.6) is 0 Å². The van der Waals surface area contributed by atoms with Crippen LogP contribution in [-0.4, -0.2) is 31.1 Å². The van der Waals surface area contributed by atoms with E-state index in [1.807, 2.05) is 24.3 Å². The fraction of sp³-hybridized carbons (Fsp3) is 0.273. The summed E-state index contributed by atoms with van der Waals surface area (Å²) in [6.07, 6.45) is 0. The molecule has 0 heterocycles. The summed E-state index contributed by atoms with van der Waals surface area (Å²) in [4.78, 5) is 0. The summed E-state index contributed by atoms with van der Waals surface area (Å²) in [6.45, 7) is 6.74. The molecular weight excluding hydrogens is 264 g/mol. The van der Waals surface area contributed by atoms with Gasteiger partial charge in [0, 0.05) is 0 Å². The van der Waals surface area contributed by atoms with Gasteiger partial charge in [0.2, 0.25) is 0 Å². The van der Waals surface area contributed by atoms with Crippen molar-refractivity contribution in [3.05, 3.63) is 35.9 Å². The van der Waals surface area contributed by atoms with Gasteiger partial charge >= 0.3 is 23.1 Å². The third kappa shape index (κ3) is 7.63. The predicted octanol–water partition coefficient (Wildman–Crippen LogP) is -0.661. The van der Waals surface area contributed by atoms with E-state index in [-0.39, 0.29) is 40.0 Å². The summed E-state index contributed by atoms with van der Waals surface area (Å²) in [5.74, 6) is 3.18. The van der Waals surface area contributed by atoms with Crippen LogP contribution in [0.2, 0.25) is 19.6 Å². The first kappa shape index (κ1) is 16.7. The molecule has 1 aromatic carbocycles. The standard InChI is InChI=1S/C11H13Si.BrH.Mg/c1-12(2,3)10-9-11-7-5-4-6-8-11;;/h5-8H,1-3H3;1H;/q-1;;+2/p-1. The van der Waals surface area contributed by atoms with Crippen molar-refractivity contribution in [3.63, 3.8) is 0 Å². The first-order chi connectivity index (χ1) is 5.58. The van der Waals surface area contributed by atoms with Gasteiger partial charge in [0.15, 0.2) is 0 Å². The maximum atomic E-state index is 3.31. The minimum Gasteiger partial charge on any atom is -1.00 e. The van der Waals surface area contributed by atoms with Crippen LogP contribution in [0.3, 0.4) is 0 Å². The molecule has 0 aliphatic heterocycles. The monoisotopic (exact) mass is 276 g/mol. The van der Waals surface area contributed by atoms with Crippen LogP contribution in [0.15, 0.2) is 24.3 Å². The number of rotatable bonds is 0. The van der Waals surface area contributed by atoms with Gasteiger partial charge in [0.05, 0.1) is 0 Å². The van der Waals surface area contributed by atoms with E-state index < -0.39 is 8.07 Å². The maximum absolute atomic E-state index is 3.31. The maximum Gasteiger partial charge on any atom is 2.00 e. The van der Waals surface area contributed by atoms with Crippen LogP contribution in [-0.2, 0) is 0 Å². The molecule has 0 spiro atoms. The minimum absolute atomic E-state index is 0. The average Bonchev–Trinajstić information content (AvgIpc) is 2.02. The molecule has 0 unspecified atom stereocenters. The minimum atomic E-state index is -1.21. The zero-order valence-electron chi connectivity index (χ0n) is 8.89. The zero-order chi connectivity index (χ0) is 9.03. The topological polar surface area (TPSA) is 0 Å². The quantitative estimate of drug-likeness (QED) is 0.336. The Morgan fingerprint density at radius 2 is 1.64 bits per heavy atom. The molecule has 0 amide bonds. The SMILES string of the molecule is C[Si](C)(C)C#Cc1cc[c-]cc1.[Br-].[Mg+2]. The third-order valence-corrected chi connectivity index (χ3v) is 2.18. The predicted molar refractivity (Wildman–Crippen MR) is 61.3 cm³/mol. The van der Waals surface area contributed by atoms with Gasteiger partial charge in [0.25, 0.3) is 0 Å². The number of hydrogen-bond donors (Lipinski definition) is 0. The van der Waals surface area contributed by atoms with Crippen LogP contribution in [0.1, 0.15) is 5.56 Å². The molecule has 0 aliphatic rings. The molecule has 70 valence electrons. The van der Waals surface area contributed by atoms with Gasteiger partial charge in [-0.3, -0.25) is 0 Å². The summed E-state index contributed by atoms with van der Waals surface area (Å²) < 4.78 is 0. The Labute approximate surface area is 114 Å². The largest absolute Gasteiger partial charge is 2.00 e. The molecule has 0 atom stereocenters. The molecule has 0 fully saturated rings. The second-order valence-electron chi connectivity index (χ2n) is 3.79. The summed E-state index contributed by atoms with van der Waals surface area (Å²) in [5.41, 5.74) is 4.41. The molecule has 0 aliphatic carbocycles. The van der Waals surface area contributed by atoms with Crippen molar-refractivity contribution >= 4 is 31.1 Å². The Balaban J connectivity index is 0. The average molecular weight is 278 g/mol. The van der Waals surface area contributed by atoms with E-state index in [1.165, 1.54) is 0 Å². The Hall–Kier alpha value is 0.243. The number of hydrogen-bond acceptors (Lipinski definition) is 0. The van der Waals surface area contributed by atoms with Crippen LogP contribution in [0.4, 0.5) is 0 Å². The molecule has 14 heavy (non-hydrogen) atoms. The van der Waals surface area contributed by atoms with Crippen LogP contribution in [0, 0.1) is 17.5 Å². The van der Waals surface area contributed by atoms with Crippen molar-refractivity contribution in [1.29, 1.82) is 0 Å². The van der Waals surface area contributed by atoms with Crippen LogP contribution >= 0.6 is 0 Å². The van der Waals surface area contributed by atoms with Gasteiger partial charge in [-0.2, -0.15) is 30.3 Å². The van der Waals surface area contributed by atoms with Gasteiger partial charge in [-0.25, -0.2) is 0 Å². The summed E-state index contributed by atoms with van der Waals surface area (Å²) in [7, 11) is -1.21. The molecule has 1 aromatic rings.